The maximum absolute atomic E-state index is 12.0. The summed E-state index contributed by atoms with van der Waals surface area (Å²) in [6.45, 7) is 4.07. The van der Waals surface area contributed by atoms with Gasteiger partial charge in [-0.2, -0.15) is 0 Å². The van der Waals surface area contributed by atoms with Crippen LogP contribution in [0.25, 0.3) is 0 Å². The molecule has 0 bridgehead atoms. The Morgan fingerprint density at radius 2 is 2.05 bits per heavy atom. The molecule has 0 spiro atoms. The number of ether oxygens (including phenoxy) is 1. The molecule has 0 saturated carbocycles. The Labute approximate surface area is 129 Å². The molecule has 1 aromatic carbocycles. The van der Waals surface area contributed by atoms with Crippen LogP contribution >= 0.6 is 23.2 Å². The summed E-state index contributed by atoms with van der Waals surface area (Å²) in [5, 5.41) is 11.3. The van der Waals surface area contributed by atoms with Crippen molar-refractivity contribution < 1.29 is 14.6 Å². The molecule has 20 heavy (non-hydrogen) atoms. The minimum absolute atomic E-state index is 0.294. The number of hydrogen-bond acceptors (Lipinski definition) is 3. The molecule has 1 aromatic rings. The lowest BCUT2D eigenvalue weighted by atomic mass is 9.91. The van der Waals surface area contributed by atoms with Gasteiger partial charge in [0.2, 0.25) is 0 Å². The lowest BCUT2D eigenvalue weighted by Crippen LogP contribution is -2.25. The first-order valence-corrected chi connectivity index (χ1v) is 7.56. The van der Waals surface area contributed by atoms with Gasteiger partial charge in [0.25, 0.3) is 0 Å². The average molecular weight is 319 g/mol. The fourth-order valence-electron chi connectivity index (χ4n) is 2.04. The molecule has 2 atom stereocenters. The van der Waals surface area contributed by atoms with Crippen molar-refractivity contribution in [3.8, 4) is 0 Å². The quantitative estimate of drug-likeness (QED) is 0.758. The summed E-state index contributed by atoms with van der Waals surface area (Å²) in [7, 11) is 0. The molecule has 0 aliphatic heterocycles. The molecule has 0 aromatic heterocycles. The summed E-state index contributed by atoms with van der Waals surface area (Å²) < 4.78 is 5.04. The first-order valence-electron chi connectivity index (χ1n) is 6.80. The van der Waals surface area contributed by atoms with Gasteiger partial charge >= 0.3 is 5.97 Å². The van der Waals surface area contributed by atoms with E-state index in [4.69, 9.17) is 27.9 Å². The van der Waals surface area contributed by atoms with E-state index >= 15 is 0 Å². The van der Waals surface area contributed by atoms with Crippen molar-refractivity contribution in [3.63, 3.8) is 0 Å². The number of halogens is 2. The van der Waals surface area contributed by atoms with Crippen molar-refractivity contribution in [3.05, 3.63) is 33.8 Å². The molecule has 1 rings (SSSR count). The van der Waals surface area contributed by atoms with E-state index in [1.54, 1.807) is 25.1 Å². The van der Waals surface area contributed by atoms with Gasteiger partial charge in [0.05, 0.1) is 18.6 Å². The number of aliphatic hydroxyl groups excluding tert-OH is 1. The first-order chi connectivity index (χ1) is 9.51. The monoisotopic (exact) mass is 318 g/mol. The van der Waals surface area contributed by atoms with E-state index < -0.39 is 12.0 Å². The highest BCUT2D eigenvalue weighted by Gasteiger charge is 2.30. The van der Waals surface area contributed by atoms with Gasteiger partial charge in [-0.3, -0.25) is 4.79 Å². The van der Waals surface area contributed by atoms with E-state index in [1.165, 1.54) is 0 Å². The van der Waals surface area contributed by atoms with Gasteiger partial charge in [-0.05, 0) is 25.5 Å². The molecule has 3 nitrogen and oxygen atoms in total. The van der Waals surface area contributed by atoms with E-state index in [1.807, 2.05) is 6.92 Å². The highest BCUT2D eigenvalue weighted by molar-refractivity contribution is 6.35. The third-order valence-corrected chi connectivity index (χ3v) is 3.68. The summed E-state index contributed by atoms with van der Waals surface area (Å²) in [5.41, 5.74) is 0.505. The van der Waals surface area contributed by atoms with E-state index in [0.29, 0.717) is 28.6 Å². The third kappa shape index (κ3) is 4.65. The number of esters is 1. The van der Waals surface area contributed by atoms with Crippen molar-refractivity contribution in [1.29, 1.82) is 0 Å². The lowest BCUT2D eigenvalue weighted by molar-refractivity contribution is -0.152. The first kappa shape index (κ1) is 17.3. The molecule has 1 unspecified atom stereocenters. The number of carbonyl (C=O) groups is 1. The fraction of sp³-hybridized carbons (Fsp3) is 0.533. The van der Waals surface area contributed by atoms with Crippen LogP contribution in [0.3, 0.4) is 0 Å². The Balaban J connectivity index is 2.96. The van der Waals surface area contributed by atoms with Crippen LogP contribution in [-0.2, 0) is 9.53 Å². The molecular formula is C15H20Cl2O3. The predicted octanol–water partition coefficient (Wildman–Crippen LogP) is 4.40. The minimum Gasteiger partial charge on any atom is -0.466 e. The van der Waals surface area contributed by atoms with Gasteiger partial charge in [-0.25, -0.2) is 0 Å². The second-order valence-electron chi connectivity index (χ2n) is 4.61. The van der Waals surface area contributed by atoms with E-state index in [-0.39, 0.29) is 5.97 Å². The molecule has 1 N–H and O–H groups in total. The number of benzene rings is 1. The second-order valence-corrected chi connectivity index (χ2v) is 5.46. The van der Waals surface area contributed by atoms with Crippen LogP contribution in [0.5, 0.6) is 0 Å². The number of rotatable bonds is 7. The van der Waals surface area contributed by atoms with Crippen LogP contribution in [0.4, 0.5) is 0 Å². The van der Waals surface area contributed by atoms with Crippen molar-refractivity contribution in [2.45, 2.75) is 39.2 Å². The molecule has 0 aliphatic rings. The molecular weight excluding hydrogens is 299 g/mol. The van der Waals surface area contributed by atoms with Crippen LogP contribution < -0.4 is 0 Å². The summed E-state index contributed by atoms with van der Waals surface area (Å²) in [5.74, 6) is -0.993. The summed E-state index contributed by atoms with van der Waals surface area (Å²) >= 11 is 11.9. The van der Waals surface area contributed by atoms with E-state index in [0.717, 1.165) is 12.8 Å². The molecule has 112 valence electrons. The fourth-order valence-corrected chi connectivity index (χ4v) is 2.56. The molecule has 0 fully saturated rings. The topological polar surface area (TPSA) is 46.5 Å². The Hall–Kier alpha value is -0.770. The Kier molecular flexibility index (Phi) is 7.35. The van der Waals surface area contributed by atoms with E-state index in [2.05, 4.69) is 0 Å². The van der Waals surface area contributed by atoms with E-state index in [9.17, 15) is 9.90 Å². The highest BCUT2D eigenvalue weighted by atomic mass is 35.5. The SMILES string of the molecule is CCCC[C@H](C(=O)OCC)C(O)c1ccc(Cl)cc1Cl. The molecule has 0 amide bonds. The van der Waals surface area contributed by atoms with Gasteiger partial charge in [0.15, 0.2) is 0 Å². The van der Waals surface area contributed by atoms with Crippen LogP contribution in [0, 0.1) is 5.92 Å². The van der Waals surface area contributed by atoms with Gasteiger partial charge in [0.1, 0.15) is 0 Å². The average Bonchev–Trinajstić information content (AvgIpc) is 2.39. The zero-order chi connectivity index (χ0) is 15.1. The predicted molar refractivity (Wildman–Crippen MR) is 81.1 cm³/mol. The van der Waals surface area contributed by atoms with Crippen LogP contribution in [0.2, 0.25) is 10.0 Å². The summed E-state index contributed by atoms with van der Waals surface area (Å²) in [6, 6.07) is 4.85. The van der Waals surface area contributed by atoms with Crippen molar-refractivity contribution in [2.75, 3.05) is 6.61 Å². The summed E-state index contributed by atoms with van der Waals surface area (Å²) in [6.07, 6.45) is 1.36. The maximum Gasteiger partial charge on any atom is 0.311 e. The smallest absolute Gasteiger partial charge is 0.311 e. The zero-order valence-electron chi connectivity index (χ0n) is 11.7. The van der Waals surface area contributed by atoms with Gasteiger partial charge in [0, 0.05) is 15.6 Å². The van der Waals surface area contributed by atoms with Crippen molar-refractivity contribution >= 4 is 29.2 Å². The number of aliphatic hydroxyl groups is 1. The Bertz CT molecular complexity index is 449. The summed E-state index contributed by atoms with van der Waals surface area (Å²) in [4.78, 5) is 12.0. The standard InChI is InChI=1S/C15H20Cl2O3/c1-3-5-6-12(15(19)20-4-2)14(18)11-8-7-10(16)9-13(11)17/h7-9,12,14,18H,3-6H2,1-2H3/t12-,14?/m0/s1. The van der Waals surface area contributed by atoms with Gasteiger partial charge in [-0.1, -0.05) is 49.0 Å². The van der Waals surface area contributed by atoms with Crippen molar-refractivity contribution in [2.24, 2.45) is 5.92 Å². The molecule has 0 aliphatic carbocycles. The van der Waals surface area contributed by atoms with Gasteiger partial charge in [-0.15, -0.1) is 0 Å². The molecule has 0 radical (unpaired) electrons. The van der Waals surface area contributed by atoms with Gasteiger partial charge < -0.3 is 9.84 Å². The van der Waals surface area contributed by atoms with Crippen LogP contribution in [-0.4, -0.2) is 17.7 Å². The molecule has 0 heterocycles. The molecule has 0 saturated heterocycles. The van der Waals surface area contributed by atoms with Crippen LogP contribution in [0.1, 0.15) is 44.8 Å². The molecule has 5 heteroatoms. The normalized spacial score (nSPS) is 13.8. The Morgan fingerprint density at radius 1 is 1.35 bits per heavy atom. The number of carbonyl (C=O) groups excluding carboxylic acids is 1. The second kappa shape index (κ2) is 8.50. The largest absolute Gasteiger partial charge is 0.466 e. The number of unbranched alkanes of at least 4 members (excludes halogenated alkanes) is 1. The highest BCUT2D eigenvalue weighted by Crippen LogP contribution is 2.33. The van der Waals surface area contributed by atoms with Crippen molar-refractivity contribution in [1.82, 2.24) is 0 Å². The zero-order valence-corrected chi connectivity index (χ0v) is 13.2. The van der Waals surface area contributed by atoms with Crippen LogP contribution in [0.15, 0.2) is 18.2 Å². The minimum atomic E-state index is -0.981. The number of hydrogen-bond donors (Lipinski definition) is 1. The maximum atomic E-state index is 12.0. The Morgan fingerprint density at radius 3 is 2.60 bits per heavy atom. The third-order valence-electron chi connectivity index (χ3n) is 3.12. The lowest BCUT2D eigenvalue weighted by Gasteiger charge is -2.22.